The molecule has 144 valence electrons. The maximum absolute atomic E-state index is 12.5. The molecule has 1 N–H and O–H groups in total. The normalized spacial score (nSPS) is 14.2. The van der Waals surface area contributed by atoms with E-state index in [0.717, 1.165) is 17.7 Å². The van der Waals surface area contributed by atoms with Crippen molar-refractivity contribution in [3.63, 3.8) is 0 Å². The fourth-order valence-electron chi connectivity index (χ4n) is 3.46. The van der Waals surface area contributed by atoms with Gasteiger partial charge in [-0.3, -0.25) is 9.69 Å². The van der Waals surface area contributed by atoms with Crippen LogP contribution in [0, 0.1) is 6.92 Å². The molecule has 1 heterocycles. The van der Waals surface area contributed by atoms with E-state index in [-0.39, 0.29) is 5.91 Å². The molecule has 1 amide bonds. The summed E-state index contributed by atoms with van der Waals surface area (Å²) in [5.74, 6) is 1.14. The molecule has 0 bridgehead atoms. The summed E-state index contributed by atoms with van der Waals surface area (Å²) in [6, 6.07) is 12.0. The Balaban J connectivity index is 1.60. The zero-order chi connectivity index (χ0) is 19.2. The summed E-state index contributed by atoms with van der Waals surface area (Å²) in [5, 5.41) is 2.97. The van der Waals surface area contributed by atoms with E-state index in [0.29, 0.717) is 23.6 Å². The van der Waals surface area contributed by atoms with Crippen LogP contribution >= 0.6 is 0 Å². The van der Waals surface area contributed by atoms with Crippen molar-refractivity contribution in [2.24, 2.45) is 0 Å². The van der Waals surface area contributed by atoms with Gasteiger partial charge in [-0.25, -0.2) is 0 Å². The first-order valence-corrected chi connectivity index (χ1v) is 9.41. The Morgan fingerprint density at radius 2 is 1.56 bits per heavy atom. The van der Waals surface area contributed by atoms with Crippen molar-refractivity contribution in [3.8, 4) is 11.5 Å². The molecular formula is C22H28N2O3. The van der Waals surface area contributed by atoms with Gasteiger partial charge < -0.3 is 14.8 Å². The van der Waals surface area contributed by atoms with Crippen LogP contribution in [0.25, 0.3) is 0 Å². The molecule has 5 heteroatoms. The second-order valence-electron chi connectivity index (χ2n) is 6.99. The van der Waals surface area contributed by atoms with Crippen molar-refractivity contribution in [2.75, 3.05) is 27.3 Å². The Labute approximate surface area is 161 Å². The smallest absolute Gasteiger partial charge is 0.251 e. The molecule has 1 aliphatic heterocycles. The third-order valence-corrected chi connectivity index (χ3v) is 5.10. The molecule has 0 aliphatic carbocycles. The molecule has 5 nitrogen and oxygen atoms in total. The highest BCUT2D eigenvalue weighted by molar-refractivity contribution is 5.95. The molecule has 27 heavy (non-hydrogen) atoms. The first kappa shape index (κ1) is 19.2. The van der Waals surface area contributed by atoms with E-state index in [4.69, 9.17) is 9.47 Å². The van der Waals surface area contributed by atoms with Gasteiger partial charge in [0.1, 0.15) is 11.5 Å². The predicted octanol–water partition coefficient (Wildman–Crippen LogP) is 3.54. The third-order valence-electron chi connectivity index (χ3n) is 5.10. The van der Waals surface area contributed by atoms with E-state index in [9.17, 15) is 4.79 Å². The predicted molar refractivity (Wildman–Crippen MR) is 106 cm³/mol. The van der Waals surface area contributed by atoms with Crippen molar-refractivity contribution in [2.45, 2.75) is 32.9 Å². The number of benzene rings is 2. The number of nitrogens with zero attached hydrogens (tertiary/aromatic N) is 1. The molecule has 0 aromatic heterocycles. The van der Waals surface area contributed by atoms with E-state index >= 15 is 0 Å². The fourth-order valence-corrected chi connectivity index (χ4v) is 3.46. The van der Waals surface area contributed by atoms with Crippen LogP contribution in [0.1, 0.15) is 39.9 Å². The van der Waals surface area contributed by atoms with E-state index in [1.54, 1.807) is 26.4 Å². The van der Waals surface area contributed by atoms with Gasteiger partial charge in [-0.05, 0) is 56.1 Å². The van der Waals surface area contributed by atoms with E-state index < -0.39 is 0 Å². The summed E-state index contributed by atoms with van der Waals surface area (Å²) >= 11 is 0. The number of nitrogens with one attached hydrogen (secondary N) is 1. The third kappa shape index (κ3) is 4.80. The SMILES string of the molecule is COc1cc(C(=O)NCc2ccc(CN3CCCC3)cc2)cc(OC)c1C. The van der Waals surface area contributed by atoms with Gasteiger partial charge >= 0.3 is 0 Å². The Hall–Kier alpha value is -2.53. The molecule has 2 aromatic carbocycles. The van der Waals surface area contributed by atoms with Gasteiger partial charge in [0.15, 0.2) is 0 Å². The van der Waals surface area contributed by atoms with Gasteiger partial charge in [0, 0.05) is 24.2 Å². The average Bonchev–Trinajstić information content (AvgIpc) is 3.20. The number of hydrogen-bond donors (Lipinski definition) is 1. The van der Waals surface area contributed by atoms with Gasteiger partial charge in [0.25, 0.3) is 5.91 Å². The highest BCUT2D eigenvalue weighted by Gasteiger charge is 2.14. The number of likely N-dealkylation sites (tertiary alicyclic amines) is 1. The minimum atomic E-state index is -0.146. The molecule has 1 aliphatic rings. The van der Waals surface area contributed by atoms with Crippen molar-refractivity contribution >= 4 is 5.91 Å². The lowest BCUT2D eigenvalue weighted by Gasteiger charge is -2.15. The molecule has 3 rings (SSSR count). The molecule has 0 saturated carbocycles. The Morgan fingerprint density at radius 1 is 1.00 bits per heavy atom. The number of carbonyl (C=O) groups excluding carboxylic acids is 1. The number of amides is 1. The van der Waals surface area contributed by atoms with Gasteiger partial charge in [-0.15, -0.1) is 0 Å². The highest BCUT2D eigenvalue weighted by Crippen LogP contribution is 2.29. The zero-order valence-electron chi connectivity index (χ0n) is 16.4. The number of methoxy groups -OCH3 is 2. The van der Waals surface area contributed by atoms with Crippen LogP contribution in [0.2, 0.25) is 0 Å². The summed E-state index contributed by atoms with van der Waals surface area (Å²) in [5.41, 5.74) is 3.81. The lowest BCUT2D eigenvalue weighted by atomic mass is 10.1. The Morgan fingerprint density at radius 3 is 2.11 bits per heavy atom. The molecular weight excluding hydrogens is 340 g/mol. The van der Waals surface area contributed by atoms with E-state index in [1.807, 2.05) is 6.92 Å². The standard InChI is InChI=1S/C22H28N2O3/c1-16-20(26-2)12-19(13-21(16)27-3)22(25)23-14-17-6-8-18(9-7-17)15-24-10-4-5-11-24/h6-9,12-13H,4-5,10-11,14-15H2,1-3H3,(H,23,25). The molecule has 0 atom stereocenters. The lowest BCUT2D eigenvalue weighted by Crippen LogP contribution is -2.23. The first-order chi connectivity index (χ1) is 13.1. The van der Waals surface area contributed by atoms with Gasteiger partial charge in [0.2, 0.25) is 0 Å². The van der Waals surface area contributed by atoms with Crippen LogP contribution in [0.4, 0.5) is 0 Å². The van der Waals surface area contributed by atoms with Crippen LogP contribution in [0.3, 0.4) is 0 Å². The summed E-state index contributed by atoms with van der Waals surface area (Å²) < 4.78 is 10.7. The second kappa shape index (κ2) is 8.91. The molecule has 0 radical (unpaired) electrons. The zero-order valence-corrected chi connectivity index (χ0v) is 16.4. The molecule has 1 fully saturated rings. The summed E-state index contributed by atoms with van der Waals surface area (Å²) in [6.45, 7) is 5.79. The lowest BCUT2D eigenvalue weighted by molar-refractivity contribution is 0.0950. The minimum Gasteiger partial charge on any atom is -0.496 e. The molecule has 2 aromatic rings. The quantitative estimate of drug-likeness (QED) is 0.812. The van der Waals surface area contributed by atoms with Crippen molar-refractivity contribution < 1.29 is 14.3 Å². The number of ether oxygens (including phenoxy) is 2. The monoisotopic (exact) mass is 368 g/mol. The summed E-state index contributed by atoms with van der Waals surface area (Å²) in [4.78, 5) is 15.0. The maximum atomic E-state index is 12.5. The molecule has 1 saturated heterocycles. The fraction of sp³-hybridized carbons (Fsp3) is 0.409. The number of hydrogen-bond acceptors (Lipinski definition) is 4. The second-order valence-corrected chi connectivity index (χ2v) is 6.99. The average molecular weight is 368 g/mol. The van der Waals surface area contributed by atoms with Crippen molar-refractivity contribution in [1.29, 1.82) is 0 Å². The molecule has 0 spiro atoms. The first-order valence-electron chi connectivity index (χ1n) is 9.41. The van der Waals surface area contributed by atoms with Crippen LogP contribution in [-0.4, -0.2) is 38.1 Å². The van der Waals surface area contributed by atoms with E-state index in [1.165, 1.54) is 31.5 Å². The van der Waals surface area contributed by atoms with Crippen molar-refractivity contribution in [3.05, 3.63) is 58.7 Å². The number of rotatable bonds is 7. The van der Waals surface area contributed by atoms with Crippen molar-refractivity contribution in [1.82, 2.24) is 10.2 Å². The van der Waals surface area contributed by atoms with E-state index in [2.05, 4.69) is 34.5 Å². The number of carbonyl (C=O) groups is 1. The minimum absolute atomic E-state index is 0.146. The Bertz CT molecular complexity index is 756. The van der Waals surface area contributed by atoms with Gasteiger partial charge in [-0.1, -0.05) is 24.3 Å². The maximum Gasteiger partial charge on any atom is 0.251 e. The summed E-state index contributed by atoms with van der Waals surface area (Å²) in [6.07, 6.45) is 2.61. The van der Waals surface area contributed by atoms with Crippen LogP contribution in [-0.2, 0) is 13.1 Å². The Kier molecular flexibility index (Phi) is 6.35. The topological polar surface area (TPSA) is 50.8 Å². The van der Waals surface area contributed by atoms with Gasteiger partial charge in [-0.2, -0.15) is 0 Å². The largest absolute Gasteiger partial charge is 0.496 e. The van der Waals surface area contributed by atoms with Gasteiger partial charge in [0.05, 0.1) is 14.2 Å². The van der Waals surface area contributed by atoms with Crippen LogP contribution in [0.5, 0.6) is 11.5 Å². The summed E-state index contributed by atoms with van der Waals surface area (Å²) in [7, 11) is 3.18. The molecule has 0 unspecified atom stereocenters. The van der Waals surface area contributed by atoms with Crippen LogP contribution < -0.4 is 14.8 Å². The van der Waals surface area contributed by atoms with Crippen LogP contribution in [0.15, 0.2) is 36.4 Å². The highest BCUT2D eigenvalue weighted by atomic mass is 16.5.